The number of nitrogens with zero attached hydrogens (tertiary/aromatic N) is 1. The Morgan fingerprint density at radius 3 is 2.92 bits per heavy atom. The molecule has 1 aromatic carbocycles. The van der Waals surface area contributed by atoms with Crippen molar-refractivity contribution < 1.29 is 9.53 Å². The lowest BCUT2D eigenvalue weighted by Gasteiger charge is -2.15. The van der Waals surface area contributed by atoms with Gasteiger partial charge >= 0.3 is 0 Å². The van der Waals surface area contributed by atoms with E-state index < -0.39 is 0 Å². The number of carbonyl (C=O) groups is 1. The van der Waals surface area contributed by atoms with Crippen molar-refractivity contribution >= 4 is 22.4 Å². The second kappa shape index (κ2) is 7.79. The van der Waals surface area contributed by atoms with E-state index in [1.807, 2.05) is 12.1 Å². The Labute approximate surface area is 147 Å². The molecule has 1 amide bonds. The number of ether oxygens (including phenoxy) is 1. The molecule has 0 aliphatic heterocycles. The molecule has 1 aromatic heterocycles. The molecule has 1 N–H and O–H groups in total. The summed E-state index contributed by atoms with van der Waals surface area (Å²) in [5.74, 6) is 1.40. The third-order valence-corrected chi connectivity index (χ3v) is 5.33. The van der Waals surface area contributed by atoms with Gasteiger partial charge in [0, 0.05) is 10.4 Å². The third-order valence-electron chi connectivity index (χ3n) is 4.29. The second-order valence-electron chi connectivity index (χ2n) is 6.42. The van der Waals surface area contributed by atoms with E-state index in [-0.39, 0.29) is 5.91 Å². The smallest absolute Gasteiger partial charge is 0.257 e. The molecule has 0 radical (unpaired) electrons. The lowest BCUT2D eigenvalue weighted by Crippen LogP contribution is -2.12. The Balaban J connectivity index is 1.60. The summed E-state index contributed by atoms with van der Waals surface area (Å²) in [5, 5.41) is 3.64. The van der Waals surface area contributed by atoms with E-state index in [0.717, 1.165) is 37.1 Å². The van der Waals surface area contributed by atoms with Crippen molar-refractivity contribution in [1.82, 2.24) is 4.98 Å². The van der Waals surface area contributed by atoms with E-state index in [2.05, 4.69) is 24.1 Å². The molecule has 0 unspecified atom stereocenters. The first kappa shape index (κ1) is 17.0. The van der Waals surface area contributed by atoms with Crippen LogP contribution in [0.4, 0.5) is 5.13 Å². The highest BCUT2D eigenvalue weighted by atomic mass is 32.1. The topological polar surface area (TPSA) is 51.2 Å². The van der Waals surface area contributed by atoms with Gasteiger partial charge in [-0.15, -0.1) is 11.3 Å². The van der Waals surface area contributed by atoms with E-state index in [0.29, 0.717) is 23.2 Å². The summed E-state index contributed by atoms with van der Waals surface area (Å²) in [6.45, 7) is 5.12. The van der Waals surface area contributed by atoms with Crippen LogP contribution in [0, 0.1) is 5.92 Å². The fourth-order valence-corrected chi connectivity index (χ4v) is 3.97. The SMILES string of the molecule is CCCCOc1ccc(C(=O)Nc2nc3c(s2)C[C@H](C)CC3)cc1. The van der Waals surface area contributed by atoms with Gasteiger partial charge in [0.25, 0.3) is 5.91 Å². The molecule has 5 heteroatoms. The predicted octanol–water partition coefficient (Wildman–Crippen LogP) is 4.70. The maximum absolute atomic E-state index is 12.4. The summed E-state index contributed by atoms with van der Waals surface area (Å²) in [4.78, 5) is 18.3. The van der Waals surface area contributed by atoms with Gasteiger partial charge in [-0.3, -0.25) is 10.1 Å². The molecule has 1 aliphatic carbocycles. The van der Waals surface area contributed by atoms with Crippen LogP contribution in [0.25, 0.3) is 0 Å². The molecule has 0 saturated carbocycles. The molecule has 128 valence electrons. The molecule has 0 saturated heterocycles. The van der Waals surface area contributed by atoms with E-state index in [1.54, 1.807) is 23.5 Å². The number of thiazole rings is 1. The summed E-state index contributed by atoms with van der Waals surface area (Å²) in [6.07, 6.45) is 5.43. The quantitative estimate of drug-likeness (QED) is 0.773. The maximum Gasteiger partial charge on any atom is 0.257 e. The number of nitrogens with one attached hydrogen (secondary N) is 1. The summed E-state index contributed by atoms with van der Waals surface area (Å²) in [7, 11) is 0. The molecule has 4 nitrogen and oxygen atoms in total. The van der Waals surface area contributed by atoms with Crippen molar-refractivity contribution in [3.8, 4) is 5.75 Å². The summed E-state index contributed by atoms with van der Waals surface area (Å²) in [6, 6.07) is 7.29. The number of aryl methyl sites for hydroxylation is 1. The van der Waals surface area contributed by atoms with Gasteiger partial charge in [0.05, 0.1) is 12.3 Å². The van der Waals surface area contributed by atoms with Gasteiger partial charge < -0.3 is 4.74 Å². The average Bonchev–Trinajstić information content (AvgIpc) is 2.97. The molecular formula is C19H24N2O2S. The highest BCUT2D eigenvalue weighted by Crippen LogP contribution is 2.32. The van der Waals surface area contributed by atoms with E-state index in [1.165, 1.54) is 11.3 Å². The molecule has 3 rings (SSSR count). The number of unbranched alkanes of at least 4 members (excludes halogenated alkanes) is 1. The molecular weight excluding hydrogens is 320 g/mol. The number of fused-ring (bicyclic) bond motifs is 1. The standard InChI is InChI=1S/C19H24N2O2S/c1-3-4-11-23-15-8-6-14(7-9-15)18(22)21-19-20-16-10-5-13(2)12-17(16)24-19/h6-9,13H,3-5,10-12H2,1-2H3,(H,20,21,22)/t13-/m1/s1. The van der Waals surface area contributed by atoms with Gasteiger partial charge in [-0.25, -0.2) is 4.98 Å². The molecule has 2 aromatic rings. The van der Waals surface area contributed by atoms with Crippen molar-refractivity contribution in [3.05, 3.63) is 40.4 Å². The van der Waals surface area contributed by atoms with Crippen molar-refractivity contribution in [2.75, 3.05) is 11.9 Å². The van der Waals surface area contributed by atoms with Gasteiger partial charge in [0.15, 0.2) is 5.13 Å². The van der Waals surface area contributed by atoms with E-state index >= 15 is 0 Å². The normalized spacial score (nSPS) is 16.5. The predicted molar refractivity (Wildman–Crippen MR) is 98.1 cm³/mol. The number of rotatable bonds is 6. The number of hydrogen-bond acceptors (Lipinski definition) is 4. The van der Waals surface area contributed by atoms with E-state index in [9.17, 15) is 4.79 Å². The van der Waals surface area contributed by atoms with Crippen LogP contribution in [-0.2, 0) is 12.8 Å². The molecule has 0 fully saturated rings. The zero-order valence-corrected chi connectivity index (χ0v) is 15.1. The Morgan fingerprint density at radius 1 is 1.38 bits per heavy atom. The molecule has 1 heterocycles. The van der Waals surface area contributed by atoms with Crippen molar-refractivity contribution in [3.63, 3.8) is 0 Å². The van der Waals surface area contributed by atoms with Crippen molar-refractivity contribution in [2.45, 2.75) is 46.0 Å². The van der Waals surface area contributed by atoms with Crippen LogP contribution in [0.5, 0.6) is 5.75 Å². The van der Waals surface area contributed by atoms with Crippen LogP contribution >= 0.6 is 11.3 Å². The molecule has 1 aliphatic rings. The van der Waals surface area contributed by atoms with Gasteiger partial charge in [0.2, 0.25) is 0 Å². The highest BCUT2D eigenvalue weighted by Gasteiger charge is 2.20. The monoisotopic (exact) mass is 344 g/mol. The number of aromatic nitrogens is 1. The number of amides is 1. The number of anilines is 1. The first-order valence-electron chi connectivity index (χ1n) is 8.68. The minimum atomic E-state index is -0.116. The van der Waals surface area contributed by atoms with Crippen LogP contribution in [0.1, 0.15) is 54.0 Å². The Kier molecular flexibility index (Phi) is 5.51. The minimum Gasteiger partial charge on any atom is -0.494 e. The fourth-order valence-electron chi connectivity index (χ4n) is 2.80. The number of benzene rings is 1. The molecule has 24 heavy (non-hydrogen) atoms. The Bertz CT molecular complexity index is 694. The third kappa shape index (κ3) is 4.15. The zero-order chi connectivity index (χ0) is 16.9. The molecule has 1 atom stereocenters. The number of carbonyl (C=O) groups excluding carboxylic acids is 1. The fraction of sp³-hybridized carbons (Fsp3) is 0.474. The first-order valence-corrected chi connectivity index (χ1v) is 9.50. The Hall–Kier alpha value is -1.88. The number of hydrogen-bond donors (Lipinski definition) is 1. The van der Waals surface area contributed by atoms with Crippen LogP contribution in [-0.4, -0.2) is 17.5 Å². The minimum absolute atomic E-state index is 0.116. The summed E-state index contributed by atoms with van der Waals surface area (Å²) in [5.41, 5.74) is 1.78. The van der Waals surface area contributed by atoms with Crippen LogP contribution < -0.4 is 10.1 Å². The lowest BCUT2D eigenvalue weighted by molar-refractivity contribution is 0.102. The van der Waals surface area contributed by atoms with Crippen LogP contribution in [0.3, 0.4) is 0 Å². The molecule has 0 spiro atoms. The van der Waals surface area contributed by atoms with Gasteiger partial charge in [-0.2, -0.15) is 0 Å². The first-order chi connectivity index (χ1) is 11.7. The van der Waals surface area contributed by atoms with Crippen LogP contribution in [0.15, 0.2) is 24.3 Å². The zero-order valence-electron chi connectivity index (χ0n) is 14.3. The van der Waals surface area contributed by atoms with E-state index in [4.69, 9.17) is 4.74 Å². The van der Waals surface area contributed by atoms with Gasteiger partial charge in [-0.1, -0.05) is 20.3 Å². The van der Waals surface area contributed by atoms with Crippen molar-refractivity contribution in [1.29, 1.82) is 0 Å². The van der Waals surface area contributed by atoms with Gasteiger partial charge in [-0.05, 0) is 55.9 Å². The average molecular weight is 344 g/mol. The summed E-state index contributed by atoms with van der Waals surface area (Å²) < 4.78 is 5.62. The highest BCUT2D eigenvalue weighted by molar-refractivity contribution is 7.15. The summed E-state index contributed by atoms with van der Waals surface area (Å²) >= 11 is 1.61. The lowest BCUT2D eigenvalue weighted by atomic mass is 9.93. The maximum atomic E-state index is 12.4. The molecule has 0 bridgehead atoms. The largest absolute Gasteiger partial charge is 0.494 e. The van der Waals surface area contributed by atoms with Gasteiger partial charge in [0.1, 0.15) is 5.75 Å². The second-order valence-corrected chi connectivity index (χ2v) is 7.50. The Morgan fingerprint density at radius 2 is 2.17 bits per heavy atom. The van der Waals surface area contributed by atoms with Crippen LogP contribution in [0.2, 0.25) is 0 Å². The van der Waals surface area contributed by atoms with Crippen molar-refractivity contribution in [2.24, 2.45) is 5.92 Å².